The third-order valence-electron chi connectivity index (χ3n) is 2.59. The fraction of sp³-hybridized carbons (Fsp3) is 0.273. The summed E-state index contributed by atoms with van der Waals surface area (Å²) in [6.07, 6.45) is -4.71. The maximum atomic E-state index is 12.1. The Morgan fingerprint density at radius 1 is 1.30 bits per heavy atom. The summed E-state index contributed by atoms with van der Waals surface area (Å²) in [4.78, 5) is 0. The summed E-state index contributed by atoms with van der Waals surface area (Å²) in [6.45, 7) is 0. The molecule has 0 saturated carbocycles. The number of halogens is 4. The molecule has 0 fully saturated rings. The van der Waals surface area contributed by atoms with Gasteiger partial charge in [-0.2, -0.15) is 0 Å². The smallest absolute Gasteiger partial charge is 0.406 e. The van der Waals surface area contributed by atoms with Gasteiger partial charge in [0.15, 0.2) is 4.60 Å². The van der Waals surface area contributed by atoms with Crippen LogP contribution in [0.2, 0.25) is 0 Å². The molecule has 0 amide bonds. The summed E-state index contributed by atoms with van der Waals surface area (Å²) in [5, 5.41) is 7.60. The van der Waals surface area contributed by atoms with Crippen molar-refractivity contribution in [1.82, 2.24) is 15.0 Å². The number of aryl methyl sites for hydroxylation is 1. The highest BCUT2D eigenvalue weighted by atomic mass is 79.9. The number of nitrogens with zero attached hydrogens (tertiary/aromatic N) is 3. The largest absolute Gasteiger partial charge is 0.573 e. The van der Waals surface area contributed by atoms with E-state index in [-0.39, 0.29) is 5.75 Å². The molecule has 20 heavy (non-hydrogen) atoms. The van der Waals surface area contributed by atoms with Crippen molar-refractivity contribution in [2.24, 2.45) is 12.8 Å². The summed E-state index contributed by atoms with van der Waals surface area (Å²) in [5.41, 5.74) is 7.28. The monoisotopic (exact) mass is 350 g/mol. The van der Waals surface area contributed by atoms with Crippen LogP contribution in [0.15, 0.2) is 28.9 Å². The highest BCUT2D eigenvalue weighted by Gasteiger charge is 2.31. The van der Waals surface area contributed by atoms with Gasteiger partial charge in [-0.1, -0.05) is 17.3 Å². The second-order valence-corrected chi connectivity index (χ2v) is 4.73. The second-order valence-electron chi connectivity index (χ2n) is 3.98. The molecule has 0 aliphatic carbocycles. The van der Waals surface area contributed by atoms with Crippen molar-refractivity contribution in [3.63, 3.8) is 0 Å². The van der Waals surface area contributed by atoms with Crippen molar-refractivity contribution in [3.8, 4) is 5.75 Å². The normalized spacial score (nSPS) is 13.3. The van der Waals surface area contributed by atoms with Crippen LogP contribution in [0.25, 0.3) is 0 Å². The van der Waals surface area contributed by atoms with E-state index in [2.05, 4.69) is 31.0 Å². The zero-order valence-corrected chi connectivity index (χ0v) is 11.8. The summed E-state index contributed by atoms with van der Waals surface area (Å²) >= 11 is 3.22. The summed E-state index contributed by atoms with van der Waals surface area (Å²) in [7, 11) is 1.67. The van der Waals surface area contributed by atoms with Crippen molar-refractivity contribution >= 4 is 15.9 Å². The van der Waals surface area contributed by atoms with E-state index in [1.165, 1.54) is 28.9 Å². The Morgan fingerprint density at radius 2 is 1.90 bits per heavy atom. The van der Waals surface area contributed by atoms with Crippen LogP contribution < -0.4 is 10.5 Å². The number of hydrogen-bond acceptors (Lipinski definition) is 4. The van der Waals surface area contributed by atoms with Gasteiger partial charge in [0.1, 0.15) is 5.75 Å². The lowest BCUT2D eigenvalue weighted by atomic mass is 10.1. The summed E-state index contributed by atoms with van der Waals surface area (Å²) in [6, 6.07) is 4.78. The number of benzene rings is 1. The van der Waals surface area contributed by atoms with Gasteiger partial charge in [0.05, 0.1) is 11.7 Å². The molecule has 0 bridgehead atoms. The van der Waals surface area contributed by atoms with Crippen LogP contribution in [-0.4, -0.2) is 21.4 Å². The Kier molecular flexibility index (Phi) is 4.00. The summed E-state index contributed by atoms with van der Waals surface area (Å²) in [5.74, 6) is -0.296. The first kappa shape index (κ1) is 14.8. The molecule has 0 saturated heterocycles. The number of nitrogens with two attached hydrogens (primary N) is 1. The quantitative estimate of drug-likeness (QED) is 0.923. The Morgan fingerprint density at radius 3 is 2.35 bits per heavy atom. The topological polar surface area (TPSA) is 66.0 Å². The predicted octanol–water partition coefficient (Wildman–Crippen LogP) is 2.52. The number of hydrogen-bond donors (Lipinski definition) is 1. The standard InChI is InChI=1S/C11H10BrF3N4O/c1-19-9(10(12)17-18-19)8(16)6-2-4-7(5-3-6)20-11(13,14)15/h2-5,8H,16H2,1H3. The second kappa shape index (κ2) is 5.41. The number of rotatable bonds is 3. The molecule has 9 heteroatoms. The molecule has 1 heterocycles. The molecule has 1 unspecified atom stereocenters. The molecule has 2 N–H and O–H groups in total. The van der Waals surface area contributed by atoms with Gasteiger partial charge in [0.2, 0.25) is 0 Å². The van der Waals surface area contributed by atoms with Crippen LogP contribution in [0.1, 0.15) is 17.3 Å². The van der Waals surface area contributed by atoms with E-state index in [9.17, 15) is 13.2 Å². The van der Waals surface area contributed by atoms with E-state index in [0.717, 1.165) is 0 Å². The lowest BCUT2D eigenvalue weighted by Crippen LogP contribution is -2.18. The van der Waals surface area contributed by atoms with Crippen LogP contribution in [0.4, 0.5) is 13.2 Å². The first-order valence-corrected chi connectivity index (χ1v) is 6.23. The van der Waals surface area contributed by atoms with E-state index in [0.29, 0.717) is 15.9 Å². The Bertz CT molecular complexity index is 577. The molecule has 1 atom stereocenters. The van der Waals surface area contributed by atoms with E-state index >= 15 is 0 Å². The maximum Gasteiger partial charge on any atom is 0.573 e. The average molecular weight is 351 g/mol. The zero-order chi connectivity index (χ0) is 14.9. The van der Waals surface area contributed by atoms with E-state index < -0.39 is 12.4 Å². The van der Waals surface area contributed by atoms with Gasteiger partial charge < -0.3 is 10.5 Å². The molecule has 5 nitrogen and oxygen atoms in total. The third-order valence-corrected chi connectivity index (χ3v) is 3.16. The minimum atomic E-state index is -4.71. The number of alkyl halides is 3. The molecule has 2 aromatic rings. The fourth-order valence-corrected chi connectivity index (χ4v) is 2.28. The van der Waals surface area contributed by atoms with Crippen LogP contribution >= 0.6 is 15.9 Å². The fourth-order valence-electron chi connectivity index (χ4n) is 1.70. The summed E-state index contributed by atoms with van der Waals surface area (Å²) < 4.78 is 41.9. The van der Waals surface area contributed by atoms with Crippen LogP contribution in [-0.2, 0) is 7.05 Å². The molecule has 2 rings (SSSR count). The van der Waals surface area contributed by atoms with E-state index in [1.54, 1.807) is 7.05 Å². The predicted molar refractivity (Wildman–Crippen MR) is 67.9 cm³/mol. The first-order valence-electron chi connectivity index (χ1n) is 5.44. The van der Waals surface area contributed by atoms with Gasteiger partial charge in [-0.25, -0.2) is 4.68 Å². The van der Waals surface area contributed by atoms with E-state index in [4.69, 9.17) is 5.73 Å². The lowest BCUT2D eigenvalue weighted by molar-refractivity contribution is -0.274. The van der Waals surface area contributed by atoms with Gasteiger partial charge in [0, 0.05) is 7.05 Å². The molecule has 0 aliphatic heterocycles. The average Bonchev–Trinajstić information content (AvgIpc) is 2.67. The molecule has 108 valence electrons. The van der Waals surface area contributed by atoms with Crippen molar-refractivity contribution in [1.29, 1.82) is 0 Å². The molecule has 0 aliphatic rings. The van der Waals surface area contributed by atoms with Crippen LogP contribution in [0.3, 0.4) is 0 Å². The Balaban J connectivity index is 2.22. The lowest BCUT2D eigenvalue weighted by Gasteiger charge is -2.14. The molecule has 1 aromatic carbocycles. The Hall–Kier alpha value is -1.61. The van der Waals surface area contributed by atoms with Crippen molar-refractivity contribution < 1.29 is 17.9 Å². The SMILES string of the molecule is Cn1nnc(Br)c1C(N)c1ccc(OC(F)(F)F)cc1. The molecule has 0 radical (unpaired) electrons. The minimum absolute atomic E-state index is 0.296. The molecule has 0 spiro atoms. The maximum absolute atomic E-state index is 12.1. The molecular weight excluding hydrogens is 341 g/mol. The van der Waals surface area contributed by atoms with Crippen molar-refractivity contribution in [2.75, 3.05) is 0 Å². The van der Waals surface area contributed by atoms with Gasteiger partial charge >= 0.3 is 6.36 Å². The van der Waals surface area contributed by atoms with Crippen LogP contribution in [0, 0.1) is 0 Å². The zero-order valence-electron chi connectivity index (χ0n) is 10.2. The number of aromatic nitrogens is 3. The van der Waals surface area contributed by atoms with E-state index in [1.807, 2.05) is 0 Å². The van der Waals surface area contributed by atoms with Crippen LogP contribution in [0.5, 0.6) is 5.75 Å². The van der Waals surface area contributed by atoms with Gasteiger partial charge in [-0.15, -0.1) is 18.3 Å². The minimum Gasteiger partial charge on any atom is -0.406 e. The molecule has 1 aromatic heterocycles. The highest BCUT2D eigenvalue weighted by Crippen LogP contribution is 2.27. The van der Waals surface area contributed by atoms with Gasteiger partial charge in [-0.3, -0.25) is 0 Å². The Labute approximate surface area is 120 Å². The highest BCUT2D eigenvalue weighted by molar-refractivity contribution is 9.10. The first-order chi connectivity index (χ1) is 9.28. The van der Waals surface area contributed by atoms with Gasteiger partial charge in [0.25, 0.3) is 0 Å². The van der Waals surface area contributed by atoms with Gasteiger partial charge in [-0.05, 0) is 33.6 Å². The van der Waals surface area contributed by atoms with Crippen molar-refractivity contribution in [2.45, 2.75) is 12.4 Å². The number of ether oxygens (including phenoxy) is 1. The third kappa shape index (κ3) is 3.28. The van der Waals surface area contributed by atoms with Crippen molar-refractivity contribution in [3.05, 3.63) is 40.1 Å². The molecular formula is C11H10BrF3N4O.